The van der Waals surface area contributed by atoms with Crippen molar-refractivity contribution in [3.05, 3.63) is 12.2 Å². The molecule has 3 unspecified atom stereocenters. The molecule has 0 aromatic rings. The summed E-state index contributed by atoms with van der Waals surface area (Å²) in [5, 5.41) is 0.571. The Morgan fingerprint density at radius 3 is 1.89 bits per heavy atom. The molecule has 0 aliphatic carbocycles. The molecule has 0 saturated heterocycles. The van der Waals surface area contributed by atoms with Crippen LogP contribution in [0.2, 0.25) is 0 Å². The van der Waals surface area contributed by atoms with Crippen LogP contribution >= 0.6 is 12.6 Å². The monoisotopic (exact) mass is 411 g/mol. The summed E-state index contributed by atoms with van der Waals surface area (Å²) in [5.74, 6) is 2.32. The van der Waals surface area contributed by atoms with Gasteiger partial charge in [-0.1, -0.05) is 84.6 Å². The second-order valence-electron chi connectivity index (χ2n) is 9.53. The molecule has 0 aromatic heterocycles. The van der Waals surface area contributed by atoms with Gasteiger partial charge in [-0.2, -0.15) is 12.6 Å². The van der Waals surface area contributed by atoms with E-state index in [1.807, 2.05) is 0 Å². The Labute approximate surface area is 184 Å². The van der Waals surface area contributed by atoms with Crippen LogP contribution in [-0.4, -0.2) is 30.3 Å². The summed E-state index contributed by atoms with van der Waals surface area (Å²) in [4.78, 5) is 2.52. The van der Waals surface area contributed by atoms with Gasteiger partial charge in [0.1, 0.15) is 0 Å². The first-order valence-corrected chi connectivity index (χ1v) is 12.9. The molecule has 28 heavy (non-hydrogen) atoms. The second kappa shape index (κ2) is 17.9. The van der Waals surface area contributed by atoms with Crippen molar-refractivity contribution in [1.82, 2.24) is 4.90 Å². The number of unbranched alkanes of at least 4 members (excludes halogenated alkanes) is 6. The third-order valence-electron chi connectivity index (χ3n) is 6.81. The Bertz CT molecular complexity index is 363. The Balaban J connectivity index is 3.63. The topological polar surface area (TPSA) is 3.24 Å². The average Bonchev–Trinajstić information content (AvgIpc) is 2.66. The van der Waals surface area contributed by atoms with Gasteiger partial charge in [0, 0.05) is 5.25 Å². The highest BCUT2D eigenvalue weighted by Gasteiger charge is 2.24. The quantitative estimate of drug-likeness (QED) is 0.127. The molecular weight excluding hydrogens is 358 g/mol. The van der Waals surface area contributed by atoms with E-state index in [0.717, 1.165) is 17.8 Å². The lowest BCUT2D eigenvalue weighted by atomic mass is 9.81. The smallest absolute Gasteiger partial charge is 0.00730 e. The summed E-state index contributed by atoms with van der Waals surface area (Å²) >= 11 is 4.97. The molecule has 0 fully saturated rings. The summed E-state index contributed by atoms with van der Waals surface area (Å²) in [5.41, 5.74) is 1.33. The van der Waals surface area contributed by atoms with E-state index in [4.69, 9.17) is 12.6 Å². The largest absolute Gasteiger partial charge is 0.306 e. The molecule has 0 rings (SSSR count). The fourth-order valence-electron chi connectivity index (χ4n) is 4.28. The van der Waals surface area contributed by atoms with Gasteiger partial charge in [-0.3, -0.25) is 0 Å². The number of hydrogen-bond acceptors (Lipinski definition) is 2. The fraction of sp³-hybridized carbons (Fsp3) is 0.923. The fourth-order valence-corrected chi connectivity index (χ4v) is 4.99. The lowest BCUT2D eigenvalue weighted by Crippen LogP contribution is -2.26. The molecule has 0 spiro atoms. The van der Waals surface area contributed by atoms with Gasteiger partial charge >= 0.3 is 0 Å². The summed E-state index contributed by atoms with van der Waals surface area (Å²) < 4.78 is 0. The highest BCUT2D eigenvalue weighted by Crippen LogP contribution is 2.31. The van der Waals surface area contributed by atoms with Crippen LogP contribution in [0, 0.1) is 17.8 Å². The van der Waals surface area contributed by atoms with Crippen molar-refractivity contribution in [2.45, 2.75) is 117 Å². The first kappa shape index (κ1) is 28.1. The van der Waals surface area contributed by atoms with Crippen molar-refractivity contribution in [1.29, 1.82) is 0 Å². The van der Waals surface area contributed by atoms with Crippen molar-refractivity contribution in [2.75, 3.05) is 20.1 Å². The zero-order valence-electron chi connectivity index (χ0n) is 20.3. The van der Waals surface area contributed by atoms with Crippen LogP contribution in [0.3, 0.4) is 0 Å². The molecule has 1 nitrogen and oxygen atoms in total. The van der Waals surface area contributed by atoms with E-state index in [-0.39, 0.29) is 0 Å². The van der Waals surface area contributed by atoms with E-state index in [1.165, 1.54) is 95.7 Å². The Hall–Kier alpha value is 0.0500. The molecule has 0 aromatic carbocycles. The van der Waals surface area contributed by atoms with E-state index in [2.05, 4.69) is 53.1 Å². The predicted octanol–water partition coefficient (Wildman–Crippen LogP) is 8.40. The zero-order chi connectivity index (χ0) is 21.4. The number of hydrogen-bond donors (Lipinski definition) is 1. The SMILES string of the molecule is C=C(C)CCCCCN(C)CCCCCCCC(C)C(C)C(S)C(CC)CC. The van der Waals surface area contributed by atoms with Gasteiger partial charge in [0.2, 0.25) is 0 Å². The van der Waals surface area contributed by atoms with Crippen molar-refractivity contribution >= 4 is 12.6 Å². The van der Waals surface area contributed by atoms with Gasteiger partial charge in [0.05, 0.1) is 0 Å². The summed E-state index contributed by atoms with van der Waals surface area (Å²) in [6.07, 6.45) is 16.1. The Morgan fingerprint density at radius 1 is 0.857 bits per heavy atom. The van der Waals surface area contributed by atoms with Gasteiger partial charge in [0.25, 0.3) is 0 Å². The van der Waals surface area contributed by atoms with Crippen molar-refractivity contribution in [2.24, 2.45) is 17.8 Å². The van der Waals surface area contributed by atoms with E-state index >= 15 is 0 Å². The van der Waals surface area contributed by atoms with Crippen LogP contribution in [0.25, 0.3) is 0 Å². The number of rotatable bonds is 19. The third-order valence-corrected chi connectivity index (χ3v) is 7.70. The van der Waals surface area contributed by atoms with Gasteiger partial charge in [-0.25, -0.2) is 0 Å². The maximum atomic E-state index is 4.97. The van der Waals surface area contributed by atoms with Crippen LogP contribution in [0.4, 0.5) is 0 Å². The number of nitrogens with zero attached hydrogens (tertiary/aromatic N) is 1. The van der Waals surface area contributed by atoms with E-state index < -0.39 is 0 Å². The normalized spacial score (nSPS) is 15.2. The van der Waals surface area contributed by atoms with Crippen LogP contribution in [0.1, 0.15) is 112 Å². The van der Waals surface area contributed by atoms with E-state index in [0.29, 0.717) is 5.25 Å². The van der Waals surface area contributed by atoms with Gasteiger partial charge in [0.15, 0.2) is 0 Å². The Kier molecular flexibility index (Phi) is 17.9. The van der Waals surface area contributed by atoms with Gasteiger partial charge in [-0.05, 0) is 70.5 Å². The van der Waals surface area contributed by atoms with Crippen LogP contribution in [0.5, 0.6) is 0 Å². The highest BCUT2D eigenvalue weighted by molar-refractivity contribution is 7.81. The molecule has 0 aliphatic heterocycles. The minimum Gasteiger partial charge on any atom is -0.306 e. The number of thiol groups is 1. The first-order chi connectivity index (χ1) is 13.3. The van der Waals surface area contributed by atoms with Crippen LogP contribution in [-0.2, 0) is 0 Å². The highest BCUT2D eigenvalue weighted by atomic mass is 32.1. The molecule has 0 saturated carbocycles. The average molecular weight is 412 g/mol. The minimum absolute atomic E-state index is 0.571. The summed E-state index contributed by atoms with van der Waals surface area (Å²) in [7, 11) is 2.29. The standard InChI is InChI=1S/C26H53NS/c1-8-25(9-2)26(28)24(6)23(5)19-15-11-10-12-16-20-27(7)21-17-13-14-18-22(3)4/h23-26,28H,3,8-21H2,1-2,4-7H3. The van der Waals surface area contributed by atoms with E-state index in [1.54, 1.807) is 0 Å². The zero-order valence-corrected chi connectivity index (χ0v) is 21.2. The molecule has 0 amide bonds. The molecule has 0 aliphatic rings. The maximum absolute atomic E-state index is 4.97. The molecule has 0 radical (unpaired) electrons. The second-order valence-corrected chi connectivity index (χ2v) is 10.1. The third kappa shape index (κ3) is 14.1. The summed E-state index contributed by atoms with van der Waals surface area (Å²) in [6.45, 7) is 18.2. The summed E-state index contributed by atoms with van der Waals surface area (Å²) in [6, 6.07) is 0. The molecule has 2 heteroatoms. The lowest BCUT2D eigenvalue weighted by molar-refractivity contribution is 0.286. The van der Waals surface area contributed by atoms with Crippen LogP contribution < -0.4 is 0 Å². The molecule has 168 valence electrons. The minimum atomic E-state index is 0.571. The molecule has 0 bridgehead atoms. The first-order valence-electron chi connectivity index (χ1n) is 12.3. The molecule has 3 atom stereocenters. The predicted molar refractivity (Wildman–Crippen MR) is 134 cm³/mol. The van der Waals surface area contributed by atoms with Crippen molar-refractivity contribution in [3.8, 4) is 0 Å². The molecular formula is C26H53NS. The lowest BCUT2D eigenvalue weighted by Gasteiger charge is -2.31. The van der Waals surface area contributed by atoms with Crippen molar-refractivity contribution in [3.63, 3.8) is 0 Å². The Morgan fingerprint density at radius 2 is 1.36 bits per heavy atom. The van der Waals surface area contributed by atoms with Crippen molar-refractivity contribution < 1.29 is 0 Å². The van der Waals surface area contributed by atoms with E-state index in [9.17, 15) is 0 Å². The molecule has 0 N–H and O–H groups in total. The number of allylic oxidation sites excluding steroid dienone is 1. The van der Waals surface area contributed by atoms with Gasteiger partial charge in [-0.15, -0.1) is 6.58 Å². The maximum Gasteiger partial charge on any atom is 0.00730 e. The van der Waals surface area contributed by atoms with Crippen LogP contribution in [0.15, 0.2) is 12.2 Å². The van der Waals surface area contributed by atoms with Gasteiger partial charge < -0.3 is 4.90 Å². The molecule has 0 heterocycles.